The third-order valence-corrected chi connectivity index (χ3v) is 2.90. The van der Waals surface area contributed by atoms with Crippen LogP contribution in [0.15, 0.2) is 47.2 Å². The van der Waals surface area contributed by atoms with E-state index in [4.69, 9.17) is 4.74 Å². The largest absolute Gasteiger partial charge is 0.382 e. The minimum atomic E-state index is -0.619. The Labute approximate surface area is 111 Å². The Morgan fingerprint density at radius 3 is 2.68 bits per heavy atom. The Morgan fingerprint density at radius 1 is 1.37 bits per heavy atom. The van der Waals surface area contributed by atoms with Crippen LogP contribution in [0.25, 0.3) is 0 Å². The third kappa shape index (κ3) is 3.00. The van der Waals surface area contributed by atoms with E-state index in [0.717, 1.165) is 5.56 Å². The highest BCUT2D eigenvalue weighted by Crippen LogP contribution is 2.21. The van der Waals surface area contributed by atoms with Gasteiger partial charge >= 0.3 is 0 Å². The lowest BCUT2D eigenvalue weighted by Gasteiger charge is -2.30. The lowest BCUT2D eigenvalue weighted by atomic mass is 9.92. The molecule has 1 aromatic carbocycles. The molecule has 19 heavy (non-hydrogen) atoms. The molecule has 0 aliphatic heterocycles. The standard InChI is InChI=1S/C14H16N2O3/c1-14(10-18-2,11-6-4-3-5-7-11)15-13(17)12-8-9-19-16-12/h3-9H,10H2,1-2H3,(H,15,17)/t14-/m0/s1. The first-order valence-corrected chi connectivity index (χ1v) is 5.93. The zero-order valence-corrected chi connectivity index (χ0v) is 10.9. The van der Waals surface area contributed by atoms with E-state index >= 15 is 0 Å². The molecular formula is C14H16N2O3. The van der Waals surface area contributed by atoms with Crippen molar-refractivity contribution in [1.82, 2.24) is 10.5 Å². The molecule has 100 valence electrons. The van der Waals surface area contributed by atoms with Gasteiger partial charge in [0.05, 0.1) is 12.1 Å². The number of nitrogens with one attached hydrogen (secondary N) is 1. The SMILES string of the molecule is COC[C@](C)(NC(=O)c1ccon1)c1ccccc1. The average molecular weight is 260 g/mol. The lowest BCUT2D eigenvalue weighted by Crippen LogP contribution is -2.46. The number of benzene rings is 1. The fraction of sp³-hybridized carbons (Fsp3) is 0.286. The second kappa shape index (κ2) is 5.67. The van der Waals surface area contributed by atoms with Crippen LogP contribution in [-0.4, -0.2) is 24.8 Å². The van der Waals surface area contributed by atoms with E-state index in [1.165, 1.54) is 12.3 Å². The van der Waals surface area contributed by atoms with Crippen LogP contribution in [-0.2, 0) is 10.3 Å². The molecule has 0 bridgehead atoms. The van der Waals surface area contributed by atoms with Crippen molar-refractivity contribution < 1.29 is 14.1 Å². The van der Waals surface area contributed by atoms with Crippen LogP contribution in [0.2, 0.25) is 0 Å². The van der Waals surface area contributed by atoms with Gasteiger partial charge in [0.25, 0.3) is 5.91 Å². The Bertz CT molecular complexity index is 525. The lowest BCUT2D eigenvalue weighted by molar-refractivity contribution is 0.0777. The van der Waals surface area contributed by atoms with Crippen molar-refractivity contribution in [1.29, 1.82) is 0 Å². The highest BCUT2D eigenvalue weighted by molar-refractivity contribution is 5.92. The maximum Gasteiger partial charge on any atom is 0.274 e. The van der Waals surface area contributed by atoms with Crippen LogP contribution in [0.4, 0.5) is 0 Å². The van der Waals surface area contributed by atoms with Gasteiger partial charge in [-0.3, -0.25) is 4.79 Å². The third-order valence-electron chi connectivity index (χ3n) is 2.90. The van der Waals surface area contributed by atoms with Crippen LogP contribution in [0.1, 0.15) is 23.0 Å². The predicted molar refractivity (Wildman–Crippen MR) is 69.6 cm³/mol. The van der Waals surface area contributed by atoms with E-state index in [0.29, 0.717) is 6.61 Å². The number of aromatic nitrogens is 1. The van der Waals surface area contributed by atoms with Crippen molar-refractivity contribution in [3.05, 3.63) is 53.9 Å². The smallest absolute Gasteiger partial charge is 0.274 e. The summed E-state index contributed by atoms with van der Waals surface area (Å²) in [7, 11) is 1.60. The van der Waals surface area contributed by atoms with E-state index in [1.54, 1.807) is 7.11 Å². The highest BCUT2D eigenvalue weighted by Gasteiger charge is 2.29. The minimum absolute atomic E-state index is 0.248. The van der Waals surface area contributed by atoms with Crippen LogP contribution in [0.3, 0.4) is 0 Å². The summed E-state index contributed by atoms with van der Waals surface area (Å²) in [4.78, 5) is 12.1. The Morgan fingerprint density at radius 2 is 2.11 bits per heavy atom. The van der Waals surface area contributed by atoms with E-state index < -0.39 is 5.54 Å². The molecule has 5 nitrogen and oxygen atoms in total. The Hall–Kier alpha value is -2.14. The van der Waals surface area contributed by atoms with Gasteiger partial charge in [-0.2, -0.15) is 0 Å². The first-order valence-electron chi connectivity index (χ1n) is 5.93. The summed E-state index contributed by atoms with van der Waals surface area (Å²) in [5.41, 5.74) is 0.596. The van der Waals surface area contributed by atoms with Gasteiger partial charge in [-0.1, -0.05) is 35.5 Å². The summed E-state index contributed by atoms with van der Waals surface area (Å²) in [6.07, 6.45) is 1.37. The van der Waals surface area contributed by atoms with Crippen LogP contribution in [0, 0.1) is 0 Å². The van der Waals surface area contributed by atoms with Gasteiger partial charge in [-0.25, -0.2) is 0 Å². The maximum absolute atomic E-state index is 12.1. The maximum atomic E-state index is 12.1. The summed E-state index contributed by atoms with van der Waals surface area (Å²) < 4.78 is 9.89. The molecule has 0 fully saturated rings. The molecule has 0 saturated carbocycles. The van der Waals surface area contributed by atoms with Gasteiger partial charge in [0.2, 0.25) is 0 Å². The molecule has 0 aliphatic rings. The molecule has 1 N–H and O–H groups in total. The molecule has 1 aromatic heterocycles. The summed E-state index contributed by atoms with van der Waals surface area (Å²) in [5, 5.41) is 6.55. The average Bonchev–Trinajstić information content (AvgIpc) is 2.94. The second-order valence-corrected chi connectivity index (χ2v) is 4.47. The van der Waals surface area contributed by atoms with E-state index in [-0.39, 0.29) is 11.6 Å². The predicted octanol–water partition coefficient (Wildman–Crippen LogP) is 1.97. The summed E-state index contributed by atoms with van der Waals surface area (Å²) >= 11 is 0. The number of methoxy groups -OCH3 is 1. The van der Waals surface area contributed by atoms with Gasteiger partial charge in [-0.15, -0.1) is 0 Å². The number of ether oxygens (including phenoxy) is 1. The van der Waals surface area contributed by atoms with E-state index in [9.17, 15) is 4.79 Å². The van der Waals surface area contributed by atoms with Crippen molar-refractivity contribution in [3.8, 4) is 0 Å². The Balaban J connectivity index is 2.23. The number of nitrogens with zero attached hydrogens (tertiary/aromatic N) is 1. The zero-order valence-electron chi connectivity index (χ0n) is 10.9. The van der Waals surface area contributed by atoms with Crippen molar-refractivity contribution in [2.24, 2.45) is 0 Å². The molecule has 2 rings (SSSR count). The van der Waals surface area contributed by atoms with Gasteiger partial charge < -0.3 is 14.6 Å². The Kier molecular flexibility index (Phi) is 3.97. The minimum Gasteiger partial charge on any atom is -0.382 e. The number of hydrogen-bond donors (Lipinski definition) is 1. The molecule has 1 amide bonds. The molecule has 0 radical (unpaired) electrons. The first kappa shape index (κ1) is 13.3. The van der Waals surface area contributed by atoms with Crippen LogP contribution < -0.4 is 5.32 Å². The topological polar surface area (TPSA) is 64.4 Å². The fourth-order valence-electron chi connectivity index (χ4n) is 1.93. The molecule has 0 saturated heterocycles. The first-order chi connectivity index (χ1) is 9.15. The molecule has 5 heteroatoms. The fourth-order valence-corrected chi connectivity index (χ4v) is 1.93. The van der Waals surface area contributed by atoms with Crippen molar-refractivity contribution in [3.63, 3.8) is 0 Å². The second-order valence-electron chi connectivity index (χ2n) is 4.47. The number of amides is 1. The van der Waals surface area contributed by atoms with Crippen molar-refractivity contribution in [2.45, 2.75) is 12.5 Å². The molecule has 1 atom stereocenters. The van der Waals surface area contributed by atoms with E-state index in [2.05, 4.69) is 15.0 Å². The summed E-state index contributed by atoms with van der Waals surface area (Å²) in [6, 6.07) is 11.2. The molecule has 0 spiro atoms. The zero-order chi connectivity index (χ0) is 13.7. The van der Waals surface area contributed by atoms with Crippen LogP contribution >= 0.6 is 0 Å². The molecule has 0 unspecified atom stereocenters. The molecular weight excluding hydrogens is 244 g/mol. The number of rotatable bonds is 5. The number of carbonyl (C=O) groups is 1. The van der Waals surface area contributed by atoms with Crippen molar-refractivity contribution in [2.75, 3.05) is 13.7 Å². The van der Waals surface area contributed by atoms with Gasteiger partial charge in [-0.05, 0) is 12.5 Å². The van der Waals surface area contributed by atoms with Gasteiger partial charge in [0.15, 0.2) is 5.69 Å². The van der Waals surface area contributed by atoms with Gasteiger partial charge in [0, 0.05) is 13.2 Å². The van der Waals surface area contributed by atoms with Gasteiger partial charge in [0.1, 0.15) is 6.26 Å². The number of hydrogen-bond acceptors (Lipinski definition) is 4. The highest BCUT2D eigenvalue weighted by atomic mass is 16.5. The molecule has 1 heterocycles. The van der Waals surface area contributed by atoms with Crippen molar-refractivity contribution >= 4 is 5.91 Å². The summed E-state index contributed by atoms with van der Waals surface area (Å²) in [5.74, 6) is -0.294. The summed E-state index contributed by atoms with van der Waals surface area (Å²) in [6.45, 7) is 2.27. The number of carbonyl (C=O) groups excluding carboxylic acids is 1. The van der Waals surface area contributed by atoms with E-state index in [1.807, 2.05) is 37.3 Å². The quantitative estimate of drug-likeness (QED) is 0.892. The normalized spacial score (nSPS) is 13.8. The molecule has 2 aromatic rings. The van der Waals surface area contributed by atoms with Crippen LogP contribution in [0.5, 0.6) is 0 Å². The molecule has 0 aliphatic carbocycles. The monoisotopic (exact) mass is 260 g/mol.